The molecule has 4 nitrogen and oxygen atoms in total. The van der Waals surface area contributed by atoms with Gasteiger partial charge in [0.15, 0.2) is 0 Å². The Bertz CT molecular complexity index is 339. The molecule has 62 valence electrons. The summed E-state index contributed by atoms with van der Waals surface area (Å²) in [6.07, 6.45) is 0. The number of thiophene rings is 1. The Labute approximate surface area is 72.9 Å². The molecule has 0 aromatic carbocycles. The maximum absolute atomic E-state index is 10.4. The number of carbonyl (C=O) groups is 1. The number of nitrogens with zero attached hydrogens (tertiary/aromatic N) is 1. The third kappa shape index (κ3) is 1.44. The zero-order valence-electron chi connectivity index (χ0n) is 6.02. The Morgan fingerprint density at radius 3 is 3.00 bits per heavy atom. The predicted octanol–water partition coefficient (Wildman–Crippen LogP) is 0.704. The number of nitriles is 1. The normalized spacial score (nSPS) is 12.0. The molecule has 1 rings (SSSR count). The SMILES string of the molecule is N#Cc1sccc1C(N)C(=O)O. The lowest BCUT2D eigenvalue weighted by Gasteiger charge is -2.02. The quantitative estimate of drug-likeness (QED) is 0.704. The summed E-state index contributed by atoms with van der Waals surface area (Å²) in [5.41, 5.74) is 5.70. The fourth-order valence-corrected chi connectivity index (χ4v) is 1.52. The van der Waals surface area contributed by atoms with E-state index in [4.69, 9.17) is 16.1 Å². The minimum Gasteiger partial charge on any atom is -0.480 e. The van der Waals surface area contributed by atoms with Crippen LogP contribution in [-0.4, -0.2) is 11.1 Å². The molecule has 5 heteroatoms. The molecular weight excluding hydrogens is 176 g/mol. The molecule has 0 aliphatic carbocycles. The molecule has 0 radical (unpaired) electrons. The number of carboxylic acid groups (broad SMARTS) is 1. The van der Waals surface area contributed by atoms with Gasteiger partial charge in [0.2, 0.25) is 0 Å². The van der Waals surface area contributed by atoms with Gasteiger partial charge in [-0.3, -0.25) is 4.79 Å². The summed E-state index contributed by atoms with van der Waals surface area (Å²) in [6, 6.07) is 2.35. The number of hydrogen-bond acceptors (Lipinski definition) is 4. The fraction of sp³-hybridized carbons (Fsp3) is 0.143. The third-order valence-corrected chi connectivity index (χ3v) is 2.23. The van der Waals surface area contributed by atoms with Crippen molar-refractivity contribution >= 4 is 17.3 Å². The summed E-state index contributed by atoms with van der Waals surface area (Å²) in [5.74, 6) is -1.12. The summed E-state index contributed by atoms with van der Waals surface area (Å²) in [4.78, 5) is 10.8. The van der Waals surface area contributed by atoms with Crippen molar-refractivity contribution in [3.05, 3.63) is 21.9 Å². The number of hydrogen-bond donors (Lipinski definition) is 2. The monoisotopic (exact) mass is 182 g/mol. The highest BCUT2D eigenvalue weighted by atomic mass is 32.1. The smallest absolute Gasteiger partial charge is 0.325 e. The summed E-state index contributed by atoms with van der Waals surface area (Å²) in [7, 11) is 0. The van der Waals surface area contributed by atoms with Gasteiger partial charge in [0.25, 0.3) is 0 Å². The minimum absolute atomic E-state index is 0.366. The molecule has 0 bridgehead atoms. The van der Waals surface area contributed by atoms with Gasteiger partial charge in [0, 0.05) is 5.56 Å². The Morgan fingerprint density at radius 2 is 2.50 bits per heavy atom. The van der Waals surface area contributed by atoms with Crippen LogP contribution in [-0.2, 0) is 4.79 Å². The van der Waals surface area contributed by atoms with E-state index in [1.807, 2.05) is 6.07 Å². The van der Waals surface area contributed by atoms with Crippen LogP contribution in [0.25, 0.3) is 0 Å². The molecule has 0 aliphatic rings. The molecule has 1 heterocycles. The van der Waals surface area contributed by atoms with E-state index in [1.165, 1.54) is 11.3 Å². The molecule has 1 unspecified atom stereocenters. The summed E-state index contributed by atoms with van der Waals surface area (Å²) in [5, 5.41) is 18.7. The van der Waals surface area contributed by atoms with Crippen LogP contribution < -0.4 is 5.73 Å². The molecule has 0 aliphatic heterocycles. The van der Waals surface area contributed by atoms with Gasteiger partial charge < -0.3 is 10.8 Å². The average Bonchev–Trinajstić information content (AvgIpc) is 2.49. The molecule has 0 amide bonds. The van der Waals surface area contributed by atoms with Crippen molar-refractivity contribution in [3.63, 3.8) is 0 Å². The van der Waals surface area contributed by atoms with Crippen LogP contribution in [0.3, 0.4) is 0 Å². The molecule has 1 atom stereocenters. The van der Waals surface area contributed by atoms with Crippen LogP contribution in [0.1, 0.15) is 16.5 Å². The lowest BCUT2D eigenvalue weighted by molar-refractivity contribution is -0.138. The average molecular weight is 182 g/mol. The Morgan fingerprint density at radius 1 is 1.83 bits per heavy atom. The first-order valence-corrected chi connectivity index (χ1v) is 4.00. The van der Waals surface area contributed by atoms with Gasteiger partial charge in [-0.1, -0.05) is 0 Å². The van der Waals surface area contributed by atoms with Gasteiger partial charge in [-0.25, -0.2) is 0 Å². The van der Waals surface area contributed by atoms with E-state index in [2.05, 4.69) is 0 Å². The van der Waals surface area contributed by atoms with Gasteiger partial charge in [0.05, 0.1) is 0 Å². The molecule has 12 heavy (non-hydrogen) atoms. The molecule has 1 aromatic heterocycles. The fourth-order valence-electron chi connectivity index (χ4n) is 0.788. The second-order valence-corrected chi connectivity index (χ2v) is 3.05. The van der Waals surface area contributed by atoms with Crippen molar-refractivity contribution in [2.24, 2.45) is 5.73 Å². The largest absolute Gasteiger partial charge is 0.480 e. The molecule has 3 N–H and O–H groups in total. The van der Waals surface area contributed by atoms with Crippen molar-refractivity contribution in [2.45, 2.75) is 6.04 Å². The molecule has 0 spiro atoms. The zero-order valence-corrected chi connectivity index (χ0v) is 6.84. The van der Waals surface area contributed by atoms with Crippen molar-refractivity contribution in [3.8, 4) is 6.07 Å². The standard InChI is InChI=1S/C7H6N2O2S/c8-3-5-4(1-2-12-5)6(9)7(10)11/h1-2,6H,9H2,(H,10,11). The van der Waals surface area contributed by atoms with Crippen LogP contribution >= 0.6 is 11.3 Å². The van der Waals surface area contributed by atoms with Crippen LogP contribution in [0.5, 0.6) is 0 Å². The first-order valence-electron chi connectivity index (χ1n) is 3.12. The molecular formula is C7H6N2O2S. The lowest BCUT2D eigenvalue weighted by Crippen LogP contribution is -2.20. The second-order valence-electron chi connectivity index (χ2n) is 2.13. The van der Waals surface area contributed by atoms with E-state index in [0.29, 0.717) is 10.4 Å². The van der Waals surface area contributed by atoms with Gasteiger partial charge >= 0.3 is 5.97 Å². The molecule has 0 saturated carbocycles. The first-order chi connectivity index (χ1) is 5.66. The van der Waals surface area contributed by atoms with Crippen molar-refractivity contribution in [2.75, 3.05) is 0 Å². The van der Waals surface area contributed by atoms with Crippen LogP contribution in [0.2, 0.25) is 0 Å². The van der Waals surface area contributed by atoms with Gasteiger partial charge in [-0.15, -0.1) is 11.3 Å². The predicted molar refractivity (Wildman–Crippen MR) is 43.6 cm³/mol. The van der Waals surface area contributed by atoms with Gasteiger partial charge in [-0.05, 0) is 11.4 Å². The number of aliphatic carboxylic acids is 1. The molecule has 0 saturated heterocycles. The molecule has 0 fully saturated rings. The van der Waals surface area contributed by atoms with E-state index in [0.717, 1.165) is 0 Å². The van der Waals surface area contributed by atoms with E-state index >= 15 is 0 Å². The van der Waals surface area contributed by atoms with E-state index in [-0.39, 0.29) is 0 Å². The summed E-state index contributed by atoms with van der Waals surface area (Å²) in [6.45, 7) is 0. The maximum atomic E-state index is 10.4. The highest BCUT2D eigenvalue weighted by Gasteiger charge is 2.18. The number of rotatable bonds is 2. The Balaban J connectivity index is 3.03. The first kappa shape index (κ1) is 8.71. The topological polar surface area (TPSA) is 87.1 Å². The van der Waals surface area contributed by atoms with E-state index < -0.39 is 12.0 Å². The van der Waals surface area contributed by atoms with Crippen molar-refractivity contribution < 1.29 is 9.90 Å². The summed E-state index contributed by atoms with van der Waals surface area (Å²) >= 11 is 1.19. The number of carboxylic acids is 1. The Hall–Kier alpha value is -1.38. The second kappa shape index (κ2) is 3.34. The van der Waals surface area contributed by atoms with Crippen LogP contribution in [0.4, 0.5) is 0 Å². The minimum atomic E-state index is -1.12. The van der Waals surface area contributed by atoms with Crippen LogP contribution in [0.15, 0.2) is 11.4 Å². The number of nitrogens with two attached hydrogens (primary N) is 1. The zero-order chi connectivity index (χ0) is 9.14. The van der Waals surface area contributed by atoms with Crippen LogP contribution in [0, 0.1) is 11.3 Å². The third-order valence-electron chi connectivity index (χ3n) is 1.40. The van der Waals surface area contributed by atoms with Crippen molar-refractivity contribution in [1.82, 2.24) is 0 Å². The Kier molecular flexibility index (Phi) is 2.43. The van der Waals surface area contributed by atoms with Gasteiger partial charge in [-0.2, -0.15) is 5.26 Å². The van der Waals surface area contributed by atoms with Crippen molar-refractivity contribution in [1.29, 1.82) is 5.26 Å². The van der Waals surface area contributed by atoms with E-state index in [9.17, 15) is 4.79 Å². The molecule has 1 aromatic rings. The maximum Gasteiger partial charge on any atom is 0.325 e. The highest BCUT2D eigenvalue weighted by molar-refractivity contribution is 7.10. The summed E-state index contributed by atoms with van der Waals surface area (Å²) < 4.78 is 0. The van der Waals surface area contributed by atoms with E-state index in [1.54, 1.807) is 11.4 Å². The lowest BCUT2D eigenvalue weighted by atomic mass is 10.1. The van der Waals surface area contributed by atoms with Gasteiger partial charge in [0.1, 0.15) is 17.0 Å². The highest BCUT2D eigenvalue weighted by Crippen LogP contribution is 2.20.